The highest BCUT2D eigenvalue weighted by atomic mass is 35.5. The summed E-state index contributed by atoms with van der Waals surface area (Å²) >= 11 is 12.9. The number of hydrogen-bond acceptors (Lipinski definition) is 5. The highest BCUT2D eigenvalue weighted by molar-refractivity contribution is 7.56. The van der Waals surface area contributed by atoms with Gasteiger partial charge in [0.15, 0.2) is 6.23 Å². The lowest BCUT2D eigenvalue weighted by Crippen LogP contribution is -2.47. The van der Waals surface area contributed by atoms with Crippen molar-refractivity contribution in [2.24, 2.45) is 5.41 Å². The van der Waals surface area contributed by atoms with Crippen molar-refractivity contribution in [2.45, 2.75) is 32.6 Å². The van der Waals surface area contributed by atoms with E-state index < -0.39 is 25.8 Å². The third-order valence-electron chi connectivity index (χ3n) is 5.55. The molecule has 2 heterocycles. The van der Waals surface area contributed by atoms with Gasteiger partial charge in [0.1, 0.15) is 12.7 Å². The summed E-state index contributed by atoms with van der Waals surface area (Å²) in [6, 6.07) is 13.3. The Kier molecular flexibility index (Phi) is 5.97. The van der Waals surface area contributed by atoms with Gasteiger partial charge in [-0.1, -0.05) is 72.1 Å². The summed E-state index contributed by atoms with van der Waals surface area (Å²) < 4.78 is 19.6. The Morgan fingerprint density at radius 3 is 2.52 bits per heavy atom. The molecular formula is C21H24Cl2NO4P. The van der Waals surface area contributed by atoms with Crippen LogP contribution in [0.25, 0.3) is 0 Å². The summed E-state index contributed by atoms with van der Waals surface area (Å²) in [6.45, 7) is 4.71. The van der Waals surface area contributed by atoms with Crippen molar-refractivity contribution in [3.8, 4) is 0 Å². The predicted molar refractivity (Wildman–Crippen MR) is 114 cm³/mol. The second-order valence-corrected chi connectivity index (χ2v) is 10.8. The Balaban J connectivity index is 1.71. The van der Waals surface area contributed by atoms with E-state index in [4.69, 9.17) is 37.0 Å². The number of fused-ring (bicyclic) bond motifs is 1. The molecule has 8 heteroatoms. The fourth-order valence-electron chi connectivity index (χ4n) is 3.98. The van der Waals surface area contributed by atoms with Crippen LogP contribution in [0.15, 0.2) is 42.5 Å². The van der Waals surface area contributed by atoms with Gasteiger partial charge in [-0.05, 0) is 24.1 Å². The van der Waals surface area contributed by atoms with Gasteiger partial charge < -0.3 is 9.63 Å². The van der Waals surface area contributed by atoms with Crippen molar-refractivity contribution < 1.29 is 18.7 Å². The van der Waals surface area contributed by atoms with E-state index in [1.54, 1.807) is 30.0 Å². The Hall–Kier alpha value is -0.750. The van der Waals surface area contributed by atoms with E-state index in [0.717, 1.165) is 12.0 Å². The quantitative estimate of drug-likeness (QED) is 0.583. The van der Waals surface area contributed by atoms with Gasteiger partial charge in [-0.2, -0.15) is 9.05 Å². The normalized spacial score (nSPS) is 29.4. The van der Waals surface area contributed by atoms with Crippen LogP contribution in [0, 0.1) is 5.41 Å². The maximum absolute atomic E-state index is 14.0. The molecule has 29 heavy (non-hydrogen) atoms. The lowest BCUT2D eigenvalue weighted by atomic mass is 9.83. The van der Waals surface area contributed by atoms with Crippen molar-refractivity contribution in [3.05, 3.63) is 69.2 Å². The third kappa shape index (κ3) is 3.84. The monoisotopic (exact) mass is 455 g/mol. The summed E-state index contributed by atoms with van der Waals surface area (Å²) in [5.74, 6) is 0. The summed E-state index contributed by atoms with van der Waals surface area (Å²) in [4.78, 5) is 14.0. The molecule has 0 spiro atoms. The van der Waals surface area contributed by atoms with E-state index in [9.17, 15) is 4.89 Å². The maximum Gasteiger partial charge on any atom is 0.318 e. The molecule has 0 bridgehead atoms. The number of rotatable bonds is 3. The lowest BCUT2D eigenvalue weighted by Gasteiger charge is -2.49. The Morgan fingerprint density at radius 2 is 1.83 bits per heavy atom. The molecule has 2 aromatic carbocycles. The molecule has 0 radical (unpaired) electrons. The summed E-state index contributed by atoms with van der Waals surface area (Å²) in [5.41, 5.74) is 2.31. The number of ether oxygens (including phenoxy) is 1. The second kappa shape index (κ2) is 8.07. The molecule has 0 N–H and O–H groups in total. The van der Waals surface area contributed by atoms with E-state index in [-0.39, 0.29) is 6.61 Å². The average Bonchev–Trinajstić information content (AvgIpc) is 2.70. The molecule has 0 aromatic heterocycles. The Bertz CT molecular complexity index is 892. The van der Waals surface area contributed by atoms with Gasteiger partial charge in [0.05, 0.1) is 0 Å². The van der Waals surface area contributed by atoms with Crippen molar-refractivity contribution in [1.29, 1.82) is 0 Å². The van der Waals surface area contributed by atoms with E-state index in [1.165, 1.54) is 5.56 Å². The summed E-state index contributed by atoms with van der Waals surface area (Å²) in [5, 5.41) is 0.965. The molecule has 0 amide bonds. The van der Waals surface area contributed by atoms with Crippen LogP contribution in [0.4, 0.5) is 0 Å². The minimum Gasteiger partial charge on any atom is -0.616 e. The van der Waals surface area contributed by atoms with Crippen LogP contribution in [0.5, 0.6) is 0 Å². The zero-order valence-corrected chi connectivity index (χ0v) is 19.0. The number of hydrogen-bond donors (Lipinski definition) is 0. The van der Waals surface area contributed by atoms with Crippen molar-refractivity contribution in [3.63, 3.8) is 0 Å². The number of nitrogens with zero attached hydrogens (tertiary/aromatic N) is 1. The molecule has 3 atom stereocenters. The standard InChI is InChI=1S/C21H24Cl2NO4P/c1-21(2)13-27-29(25,28-19(21)18-16(22)9-6-10-17(18)23)24-12-11-14-7-4-5-8-15(14)20(24)26-3/h4-10,19-20H,11-13H2,1-3H3/t19-,20?,29?/m0/s1. The van der Waals surface area contributed by atoms with E-state index in [0.29, 0.717) is 22.2 Å². The zero-order valence-electron chi connectivity index (χ0n) is 16.6. The van der Waals surface area contributed by atoms with Crippen LogP contribution in [-0.4, -0.2) is 24.9 Å². The summed E-state index contributed by atoms with van der Waals surface area (Å²) in [7, 11) is -2.07. The largest absolute Gasteiger partial charge is 0.616 e. The third-order valence-corrected chi connectivity index (χ3v) is 8.18. The van der Waals surface area contributed by atoms with E-state index >= 15 is 0 Å². The fraction of sp³-hybridized carbons (Fsp3) is 0.429. The highest BCUT2D eigenvalue weighted by Gasteiger charge is 2.56. The maximum atomic E-state index is 14.0. The SMILES string of the molecule is COC1c2ccccc2CCN1[P+]1([O-])OCC(C)(C)[C@H](c2c(Cl)cccc2Cl)O1. The van der Waals surface area contributed by atoms with Gasteiger partial charge in [0.2, 0.25) is 0 Å². The molecule has 2 unspecified atom stereocenters. The molecular weight excluding hydrogens is 432 g/mol. The number of methoxy groups -OCH3 is 1. The second-order valence-electron chi connectivity index (χ2n) is 8.05. The highest BCUT2D eigenvalue weighted by Crippen LogP contribution is 2.69. The van der Waals surface area contributed by atoms with Crippen LogP contribution in [0.1, 0.15) is 42.9 Å². The summed E-state index contributed by atoms with van der Waals surface area (Å²) in [6.07, 6.45) is -0.375. The van der Waals surface area contributed by atoms with Gasteiger partial charge in [-0.15, -0.1) is 0 Å². The Labute approximate surface area is 182 Å². The minimum atomic E-state index is -3.67. The fourth-order valence-corrected chi connectivity index (χ4v) is 6.88. The molecule has 2 aliphatic rings. The Morgan fingerprint density at radius 1 is 1.14 bits per heavy atom. The topological polar surface area (TPSA) is 54.0 Å². The van der Waals surface area contributed by atoms with Crippen LogP contribution in [0.3, 0.4) is 0 Å². The smallest absolute Gasteiger partial charge is 0.318 e. The van der Waals surface area contributed by atoms with Gasteiger partial charge >= 0.3 is 8.09 Å². The molecule has 1 fully saturated rings. The van der Waals surface area contributed by atoms with Gasteiger partial charge in [0.25, 0.3) is 0 Å². The molecule has 156 valence electrons. The van der Waals surface area contributed by atoms with Crippen molar-refractivity contribution >= 4 is 31.3 Å². The first-order valence-corrected chi connectivity index (χ1v) is 11.8. The molecule has 5 nitrogen and oxygen atoms in total. The van der Waals surface area contributed by atoms with Gasteiger partial charge in [0, 0.05) is 40.2 Å². The molecule has 1 saturated heterocycles. The number of halogens is 2. The molecule has 0 aliphatic carbocycles. The van der Waals surface area contributed by atoms with Crippen LogP contribution in [0.2, 0.25) is 10.0 Å². The van der Waals surface area contributed by atoms with Gasteiger partial charge in [-0.25, -0.2) is 0 Å². The molecule has 2 aromatic rings. The van der Waals surface area contributed by atoms with Crippen LogP contribution in [-0.2, 0) is 20.2 Å². The van der Waals surface area contributed by atoms with Crippen LogP contribution >= 0.6 is 31.3 Å². The van der Waals surface area contributed by atoms with Crippen molar-refractivity contribution in [1.82, 2.24) is 4.67 Å². The molecule has 0 saturated carbocycles. The van der Waals surface area contributed by atoms with E-state index in [2.05, 4.69) is 6.07 Å². The first kappa shape index (κ1) is 21.5. The zero-order chi connectivity index (χ0) is 20.8. The minimum absolute atomic E-state index is 0.241. The van der Waals surface area contributed by atoms with Crippen molar-refractivity contribution in [2.75, 3.05) is 20.3 Å². The average molecular weight is 456 g/mol. The van der Waals surface area contributed by atoms with E-state index in [1.807, 2.05) is 32.0 Å². The predicted octanol–water partition coefficient (Wildman–Crippen LogP) is 5.35. The number of benzene rings is 2. The molecule has 2 aliphatic heterocycles. The first-order chi connectivity index (χ1) is 13.8. The first-order valence-electron chi connectivity index (χ1n) is 9.51. The van der Waals surface area contributed by atoms with Crippen LogP contribution < -0.4 is 4.89 Å². The molecule has 4 rings (SSSR count). The lowest BCUT2D eigenvalue weighted by molar-refractivity contribution is -0.268. The van der Waals surface area contributed by atoms with Gasteiger partial charge in [-0.3, -0.25) is 0 Å².